The first kappa shape index (κ1) is 16.2. The first-order chi connectivity index (χ1) is 9.25. The number of rotatable bonds is 4. The molecule has 1 heterocycles. The fraction of sp³-hybridized carbons (Fsp3) is 1.00. The summed E-state index contributed by atoms with van der Waals surface area (Å²) in [4.78, 5) is 2.49. The van der Waals surface area contributed by atoms with Gasteiger partial charge in [0.1, 0.15) is 0 Å². The van der Waals surface area contributed by atoms with E-state index in [0.29, 0.717) is 30.6 Å². The van der Waals surface area contributed by atoms with Crippen LogP contribution in [0.4, 0.5) is 0 Å². The second kappa shape index (κ2) is 5.91. The number of hydrogen-bond acceptors (Lipinski definition) is 4. The molecule has 2 rings (SSSR count). The summed E-state index contributed by atoms with van der Waals surface area (Å²) in [5.74, 6) is 0. The number of nitrogens with one attached hydrogen (secondary N) is 1. The van der Waals surface area contributed by atoms with Crippen molar-refractivity contribution >= 4 is 10.0 Å². The summed E-state index contributed by atoms with van der Waals surface area (Å²) in [7, 11) is -3.03. The van der Waals surface area contributed by atoms with Crippen LogP contribution in [-0.2, 0) is 10.0 Å². The fourth-order valence-corrected chi connectivity index (χ4v) is 4.58. The molecule has 2 fully saturated rings. The van der Waals surface area contributed by atoms with E-state index in [4.69, 9.17) is 0 Å². The van der Waals surface area contributed by atoms with Crippen LogP contribution in [0.3, 0.4) is 0 Å². The number of nitrogens with zero attached hydrogens (tertiary/aromatic N) is 2. The van der Waals surface area contributed by atoms with Gasteiger partial charge in [0, 0.05) is 38.3 Å². The third-order valence-corrected chi connectivity index (χ3v) is 6.25. The molecule has 1 N–H and O–H groups in total. The molecule has 2 aliphatic rings. The van der Waals surface area contributed by atoms with E-state index in [0.717, 1.165) is 19.6 Å². The zero-order chi connectivity index (χ0) is 15.0. The topological polar surface area (TPSA) is 52.6 Å². The minimum Gasteiger partial charge on any atom is -0.312 e. The van der Waals surface area contributed by atoms with E-state index in [1.165, 1.54) is 19.1 Å². The monoisotopic (exact) mass is 303 g/mol. The summed E-state index contributed by atoms with van der Waals surface area (Å²) in [6.45, 7) is 10.8. The molecule has 0 aromatic rings. The smallest absolute Gasteiger partial charge is 0.211 e. The number of sulfonamides is 1. The Bertz CT molecular complexity index is 428. The Kier molecular flexibility index (Phi) is 4.79. The predicted molar refractivity (Wildman–Crippen MR) is 82.3 cm³/mol. The molecule has 0 aromatic heterocycles. The minimum absolute atomic E-state index is 0.328. The van der Waals surface area contributed by atoms with Crippen LogP contribution in [0.15, 0.2) is 0 Å². The minimum atomic E-state index is -3.03. The summed E-state index contributed by atoms with van der Waals surface area (Å²) in [6.07, 6.45) is 3.76. The van der Waals surface area contributed by atoms with Crippen LogP contribution in [0.25, 0.3) is 0 Å². The van der Waals surface area contributed by atoms with Gasteiger partial charge >= 0.3 is 0 Å². The summed E-state index contributed by atoms with van der Waals surface area (Å²) in [5, 5.41) is 3.65. The predicted octanol–water partition coefficient (Wildman–Crippen LogP) is 0.730. The second-order valence-corrected chi connectivity index (χ2v) is 8.81. The van der Waals surface area contributed by atoms with Crippen LogP contribution < -0.4 is 5.32 Å². The highest BCUT2D eigenvalue weighted by atomic mass is 32.2. The molecule has 1 saturated carbocycles. The molecule has 0 bridgehead atoms. The average Bonchev–Trinajstić information content (AvgIpc) is 2.65. The highest BCUT2D eigenvalue weighted by Gasteiger charge is 2.44. The standard InChI is InChI=1S/C14H29N3O2S/c1-5-15-13-12(6-7-14(13,2)3)16-8-10-17(11-9-16)20(4,18)19/h12-13,15H,5-11H2,1-4H3. The van der Waals surface area contributed by atoms with Gasteiger partial charge in [0.2, 0.25) is 10.0 Å². The largest absolute Gasteiger partial charge is 0.312 e. The summed E-state index contributed by atoms with van der Waals surface area (Å²) in [5.41, 5.74) is 0.328. The van der Waals surface area contributed by atoms with Gasteiger partial charge in [0.25, 0.3) is 0 Å². The van der Waals surface area contributed by atoms with E-state index in [1.54, 1.807) is 4.31 Å². The Morgan fingerprint density at radius 2 is 1.80 bits per heavy atom. The molecule has 5 nitrogen and oxygen atoms in total. The lowest BCUT2D eigenvalue weighted by Crippen LogP contribution is -2.57. The zero-order valence-corrected chi connectivity index (χ0v) is 14.0. The van der Waals surface area contributed by atoms with Crippen molar-refractivity contribution in [3.8, 4) is 0 Å². The Morgan fingerprint density at radius 3 is 2.30 bits per heavy atom. The Hall–Kier alpha value is -0.170. The van der Waals surface area contributed by atoms with Gasteiger partial charge in [-0.25, -0.2) is 8.42 Å². The van der Waals surface area contributed by atoms with Gasteiger partial charge in [-0.15, -0.1) is 0 Å². The van der Waals surface area contributed by atoms with Crippen molar-refractivity contribution in [3.63, 3.8) is 0 Å². The second-order valence-electron chi connectivity index (χ2n) is 6.83. The molecule has 20 heavy (non-hydrogen) atoms. The number of hydrogen-bond donors (Lipinski definition) is 1. The van der Waals surface area contributed by atoms with Crippen LogP contribution in [0.5, 0.6) is 0 Å². The normalized spacial score (nSPS) is 32.6. The first-order valence-electron chi connectivity index (χ1n) is 7.68. The van der Waals surface area contributed by atoms with Crippen LogP contribution in [-0.4, -0.2) is 68.7 Å². The van der Waals surface area contributed by atoms with E-state index in [9.17, 15) is 8.42 Å². The van der Waals surface area contributed by atoms with Crippen LogP contribution in [0, 0.1) is 5.41 Å². The van der Waals surface area contributed by atoms with Crippen LogP contribution in [0.1, 0.15) is 33.6 Å². The zero-order valence-electron chi connectivity index (χ0n) is 13.2. The van der Waals surface area contributed by atoms with Crippen molar-refractivity contribution < 1.29 is 8.42 Å². The molecule has 0 amide bonds. The van der Waals surface area contributed by atoms with Crippen molar-refractivity contribution in [2.24, 2.45) is 5.41 Å². The molecular formula is C14H29N3O2S. The van der Waals surface area contributed by atoms with Gasteiger partial charge < -0.3 is 5.32 Å². The lowest BCUT2D eigenvalue weighted by molar-refractivity contribution is 0.106. The maximum absolute atomic E-state index is 11.6. The molecule has 2 atom stereocenters. The van der Waals surface area contributed by atoms with Crippen molar-refractivity contribution in [3.05, 3.63) is 0 Å². The molecule has 0 radical (unpaired) electrons. The Balaban J connectivity index is 2.00. The van der Waals surface area contributed by atoms with Crippen molar-refractivity contribution in [2.75, 3.05) is 39.0 Å². The molecule has 1 aliphatic carbocycles. The van der Waals surface area contributed by atoms with Gasteiger partial charge in [0.15, 0.2) is 0 Å². The van der Waals surface area contributed by atoms with Gasteiger partial charge in [-0.05, 0) is 24.8 Å². The van der Waals surface area contributed by atoms with E-state index in [1.807, 2.05) is 0 Å². The van der Waals surface area contributed by atoms with E-state index >= 15 is 0 Å². The number of likely N-dealkylation sites (N-methyl/N-ethyl adjacent to an activating group) is 1. The first-order valence-corrected chi connectivity index (χ1v) is 9.53. The third kappa shape index (κ3) is 3.35. The van der Waals surface area contributed by atoms with Gasteiger partial charge in [-0.1, -0.05) is 20.8 Å². The van der Waals surface area contributed by atoms with E-state index in [-0.39, 0.29) is 0 Å². The summed E-state index contributed by atoms with van der Waals surface area (Å²) >= 11 is 0. The number of piperazine rings is 1. The SMILES string of the molecule is CCNC1C(N2CCN(S(C)(=O)=O)CC2)CCC1(C)C. The van der Waals surface area contributed by atoms with Crippen LogP contribution in [0.2, 0.25) is 0 Å². The van der Waals surface area contributed by atoms with Gasteiger partial charge in [-0.2, -0.15) is 4.31 Å². The molecule has 1 aliphatic heterocycles. The lowest BCUT2D eigenvalue weighted by Gasteiger charge is -2.41. The summed E-state index contributed by atoms with van der Waals surface area (Å²) in [6, 6.07) is 1.06. The molecule has 118 valence electrons. The molecule has 6 heteroatoms. The quantitative estimate of drug-likeness (QED) is 0.832. The third-order valence-electron chi connectivity index (χ3n) is 4.95. The van der Waals surface area contributed by atoms with Crippen molar-refractivity contribution in [1.82, 2.24) is 14.5 Å². The Morgan fingerprint density at radius 1 is 1.20 bits per heavy atom. The van der Waals surface area contributed by atoms with Crippen molar-refractivity contribution in [1.29, 1.82) is 0 Å². The maximum Gasteiger partial charge on any atom is 0.211 e. The van der Waals surface area contributed by atoms with E-state index < -0.39 is 10.0 Å². The molecule has 0 aromatic carbocycles. The highest BCUT2D eigenvalue weighted by molar-refractivity contribution is 7.88. The average molecular weight is 303 g/mol. The molecule has 0 spiro atoms. The fourth-order valence-electron chi connectivity index (χ4n) is 3.76. The molecule has 2 unspecified atom stereocenters. The molecular weight excluding hydrogens is 274 g/mol. The van der Waals surface area contributed by atoms with Crippen molar-refractivity contribution in [2.45, 2.75) is 45.7 Å². The maximum atomic E-state index is 11.6. The summed E-state index contributed by atoms with van der Waals surface area (Å²) < 4.78 is 24.8. The van der Waals surface area contributed by atoms with Crippen LogP contribution >= 0.6 is 0 Å². The van der Waals surface area contributed by atoms with Gasteiger partial charge in [0.05, 0.1) is 6.26 Å². The van der Waals surface area contributed by atoms with E-state index in [2.05, 4.69) is 31.0 Å². The highest BCUT2D eigenvalue weighted by Crippen LogP contribution is 2.40. The molecule has 1 saturated heterocycles. The lowest BCUT2D eigenvalue weighted by atomic mass is 9.86. The van der Waals surface area contributed by atoms with Gasteiger partial charge in [-0.3, -0.25) is 4.90 Å². The Labute approximate surface area is 123 Å².